The zero-order valence-electron chi connectivity index (χ0n) is 14.9. The van der Waals surface area contributed by atoms with Crippen LogP contribution in [0.3, 0.4) is 0 Å². The summed E-state index contributed by atoms with van der Waals surface area (Å²) in [7, 11) is 0. The molecule has 4 aromatic rings. The summed E-state index contributed by atoms with van der Waals surface area (Å²) in [6.07, 6.45) is 1.37. The van der Waals surface area contributed by atoms with Crippen molar-refractivity contribution in [2.45, 2.75) is 12.7 Å². The van der Waals surface area contributed by atoms with Crippen LogP contribution in [0, 0.1) is 0 Å². The molecule has 0 aromatic carbocycles. The second-order valence-corrected chi connectivity index (χ2v) is 6.20. The quantitative estimate of drug-likeness (QED) is 0.570. The van der Waals surface area contributed by atoms with Gasteiger partial charge >= 0.3 is 6.18 Å². The van der Waals surface area contributed by atoms with E-state index in [1.165, 1.54) is 6.07 Å². The molecule has 0 radical (unpaired) electrons. The first kappa shape index (κ1) is 18.6. The zero-order valence-corrected chi connectivity index (χ0v) is 14.9. The fourth-order valence-electron chi connectivity index (χ4n) is 2.85. The van der Waals surface area contributed by atoms with E-state index in [9.17, 15) is 18.0 Å². The van der Waals surface area contributed by atoms with Crippen molar-refractivity contribution in [3.63, 3.8) is 0 Å². The van der Waals surface area contributed by atoms with Crippen LogP contribution in [0.2, 0.25) is 0 Å². The van der Waals surface area contributed by atoms with Gasteiger partial charge < -0.3 is 5.32 Å². The van der Waals surface area contributed by atoms with Gasteiger partial charge in [-0.15, -0.1) is 0 Å². The topological polar surface area (TPSA) is 72.2 Å². The number of aromatic nitrogens is 4. The van der Waals surface area contributed by atoms with E-state index in [0.717, 1.165) is 17.8 Å². The molecule has 0 saturated heterocycles. The summed E-state index contributed by atoms with van der Waals surface area (Å²) in [4.78, 5) is 25.0. The Balaban J connectivity index is 1.58. The van der Waals surface area contributed by atoms with Gasteiger partial charge in [-0.05, 0) is 36.4 Å². The van der Waals surface area contributed by atoms with Crippen molar-refractivity contribution in [2.75, 3.05) is 0 Å². The summed E-state index contributed by atoms with van der Waals surface area (Å²) in [6.45, 7) is -0.0228. The Morgan fingerprint density at radius 2 is 1.93 bits per heavy atom. The molecule has 0 bridgehead atoms. The highest BCUT2D eigenvalue weighted by molar-refractivity contribution is 6.00. The second kappa shape index (κ2) is 7.34. The largest absolute Gasteiger partial charge is 0.417 e. The smallest absolute Gasteiger partial charge is 0.345 e. The standard InChI is InChI=1S/C20H14F3N5O/c21-20(22,23)14-6-7-15(25-11-14)12-26-19(29)17-16-5-1-2-9-28(16)18(27-17)13-4-3-8-24-10-13/h1-11H,12H2,(H,26,29). The molecule has 4 aromatic heterocycles. The number of alkyl halides is 3. The molecule has 0 fully saturated rings. The number of carbonyl (C=O) groups is 1. The lowest BCUT2D eigenvalue weighted by Crippen LogP contribution is -2.24. The highest BCUT2D eigenvalue weighted by atomic mass is 19.4. The number of amides is 1. The van der Waals surface area contributed by atoms with Gasteiger partial charge in [-0.2, -0.15) is 13.2 Å². The lowest BCUT2D eigenvalue weighted by Gasteiger charge is -2.07. The van der Waals surface area contributed by atoms with Crippen LogP contribution in [-0.4, -0.2) is 25.3 Å². The van der Waals surface area contributed by atoms with Crippen LogP contribution in [0.15, 0.2) is 67.3 Å². The van der Waals surface area contributed by atoms with Crippen LogP contribution in [-0.2, 0) is 12.7 Å². The molecule has 0 atom stereocenters. The van der Waals surface area contributed by atoms with Crippen molar-refractivity contribution in [1.29, 1.82) is 0 Å². The van der Waals surface area contributed by atoms with Gasteiger partial charge in [0.15, 0.2) is 5.69 Å². The first-order valence-electron chi connectivity index (χ1n) is 8.61. The normalized spacial score (nSPS) is 11.6. The van der Waals surface area contributed by atoms with Crippen molar-refractivity contribution in [2.24, 2.45) is 0 Å². The van der Waals surface area contributed by atoms with E-state index in [0.29, 0.717) is 17.0 Å². The minimum atomic E-state index is -4.45. The molecule has 0 spiro atoms. The Labute approximate surface area is 163 Å². The Hall–Kier alpha value is -3.75. The average molecular weight is 397 g/mol. The molecule has 4 rings (SSSR count). The van der Waals surface area contributed by atoms with Crippen molar-refractivity contribution in [3.05, 3.63) is 84.2 Å². The molecular weight excluding hydrogens is 383 g/mol. The second-order valence-electron chi connectivity index (χ2n) is 6.20. The van der Waals surface area contributed by atoms with Crippen LogP contribution in [0.5, 0.6) is 0 Å². The molecular formula is C20H14F3N5O. The first-order chi connectivity index (χ1) is 13.9. The molecule has 29 heavy (non-hydrogen) atoms. The zero-order chi connectivity index (χ0) is 20.4. The summed E-state index contributed by atoms with van der Waals surface area (Å²) in [5.41, 5.74) is 1.02. The molecule has 9 heteroatoms. The lowest BCUT2D eigenvalue weighted by molar-refractivity contribution is -0.137. The van der Waals surface area contributed by atoms with Gasteiger partial charge in [0.2, 0.25) is 0 Å². The van der Waals surface area contributed by atoms with Crippen molar-refractivity contribution in [1.82, 2.24) is 24.7 Å². The van der Waals surface area contributed by atoms with E-state index in [4.69, 9.17) is 0 Å². The fraction of sp³-hybridized carbons (Fsp3) is 0.100. The summed E-state index contributed by atoms with van der Waals surface area (Å²) in [5, 5.41) is 2.66. The maximum Gasteiger partial charge on any atom is 0.417 e. The SMILES string of the molecule is O=C(NCc1ccc(C(F)(F)F)cn1)c1nc(-c2cccnc2)n2ccccc12. The molecule has 0 unspecified atom stereocenters. The highest BCUT2D eigenvalue weighted by Gasteiger charge is 2.30. The molecule has 146 valence electrons. The molecule has 0 aliphatic carbocycles. The first-order valence-corrected chi connectivity index (χ1v) is 8.61. The third-order valence-corrected chi connectivity index (χ3v) is 4.27. The van der Waals surface area contributed by atoms with E-state index >= 15 is 0 Å². The van der Waals surface area contributed by atoms with Gasteiger partial charge in [0.25, 0.3) is 5.91 Å². The maximum absolute atomic E-state index is 12.7. The molecule has 0 aliphatic heterocycles. The van der Waals surface area contributed by atoms with Crippen molar-refractivity contribution < 1.29 is 18.0 Å². The lowest BCUT2D eigenvalue weighted by atomic mass is 10.2. The Kier molecular flexibility index (Phi) is 4.71. The van der Waals surface area contributed by atoms with E-state index in [2.05, 4.69) is 20.3 Å². The number of hydrogen-bond donors (Lipinski definition) is 1. The third kappa shape index (κ3) is 3.79. The molecule has 4 heterocycles. The molecule has 0 saturated carbocycles. The molecule has 1 N–H and O–H groups in total. The van der Waals surface area contributed by atoms with E-state index < -0.39 is 17.6 Å². The van der Waals surface area contributed by atoms with Crippen LogP contribution in [0.1, 0.15) is 21.7 Å². The predicted octanol–water partition coefficient (Wildman–Crippen LogP) is 3.74. The van der Waals surface area contributed by atoms with E-state index in [1.54, 1.807) is 41.2 Å². The van der Waals surface area contributed by atoms with Crippen LogP contribution >= 0.6 is 0 Å². The fourth-order valence-corrected chi connectivity index (χ4v) is 2.85. The number of imidazole rings is 1. The molecule has 1 amide bonds. The van der Waals surface area contributed by atoms with Gasteiger partial charge in [-0.1, -0.05) is 6.07 Å². The van der Waals surface area contributed by atoms with Crippen LogP contribution < -0.4 is 5.32 Å². The number of carbonyl (C=O) groups excluding carboxylic acids is 1. The highest BCUT2D eigenvalue weighted by Crippen LogP contribution is 2.28. The molecule has 0 aliphatic rings. The van der Waals surface area contributed by atoms with Gasteiger partial charge in [-0.3, -0.25) is 19.2 Å². The number of pyridine rings is 3. The Bertz CT molecular complexity index is 1150. The van der Waals surface area contributed by atoms with Gasteiger partial charge in [0.1, 0.15) is 5.82 Å². The van der Waals surface area contributed by atoms with Gasteiger partial charge in [0.05, 0.1) is 23.3 Å². The number of rotatable bonds is 4. The van der Waals surface area contributed by atoms with Crippen LogP contribution in [0.4, 0.5) is 13.2 Å². The van der Waals surface area contributed by atoms with Crippen molar-refractivity contribution >= 4 is 11.4 Å². The third-order valence-electron chi connectivity index (χ3n) is 4.27. The van der Waals surface area contributed by atoms with E-state index in [1.807, 2.05) is 12.1 Å². The summed E-state index contributed by atoms with van der Waals surface area (Å²) in [5.74, 6) is 0.108. The number of nitrogens with one attached hydrogen (secondary N) is 1. The van der Waals surface area contributed by atoms with Gasteiger partial charge in [-0.25, -0.2) is 4.98 Å². The molecule has 6 nitrogen and oxygen atoms in total. The maximum atomic E-state index is 12.7. The average Bonchev–Trinajstić information content (AvgIpc) is 3.12. The minimum absolute atomic E-state index is 0.0228. The summed E-state index contributed by atoms with van der Waals surface area (Å²) < 4.78 is 39.6. The van der Waals surface area contributed by atoms with Gasteiger partial charge in [0, 0.05) is 30.4 Å². The van der Waals surface area contributed by atoms with E-state index in [-0.39, 0.29) is 12.2 Å². The predicted molar refractivity (Wildman–Crippen MR) is 98.8 cm³/mol. The number of nitrogens with zero attached hydrogens (tertiary/aromatic N) is 4. The summed E-state index contributed by atoms with van der Waals surface area (Å²) in [6, 6.07) is 11.1. The Morgan fingerprint density at radius 3 is 2.62 bits per heavy atom. The Morgan fingerprint density at radius 1 is 1.07 bits per heavy atom. The number of fused-ring (bicyclic) bond motifs is 1. The number of halogens is 3. The number of hydrogen-bond acceptors (Lipinski definition) is 4. The van der Waals surface area contributed by atoms with Crippen LogP contribution in [0.25, 0.3) is 16.9 Å². The minimum Gasteiger partial charge on any atom is -0.345 e. The monoisotopic (exact) mass is 397 g/mol. The van der Waals surface area contributed by atoms with Crippen molar-refractivity contribution in [3.8, 4) is 11.4 Å². The summed E-state index contributed by atoms with van der Waals surface area (Å²) >= 11 is 0.